The van der Waals surface area contributed by atoms with Crippen LogP contribution in [0, 0.1) is 0 Å². The quantitative estimate of drug-likeness (QED) is 0.709. The monoisotopic (exact) mass is 343 g/mol. The van der Waals surface area contributed by atoms with E-state index in [1.165, 1.54) is 0 Å². The molecule has 1 amide bonds. The highest BCUT2D eigenvalue weighted by molar-refractivity contribution is 5.92. The van der Waals surface area contributed by atoms with Gasteiger partial charge in [0.1, 0.15) is 0 Å². The van der Waals surface area contributed by atoms with Crippen LogP contribution in [-0.2, 0) is 14.3 Å². The van der Waals surface area contributed by atoms with E-state index in [9.17, 15) is 9.59 Å². The molecule has 2 aromatic rings. The molecule has 0 radical (unpaired) electrons. The van der Waals surface area contributed by atoms with Gasteiger partial charge in [0, 0.05) is 5.69 Å². The molecule has 0 atom stereocenters. The average Bonchev–Trinajstić information content (AvgIpc) is 2.64. The Labute approximate surface area is 146 Å². The lowest BCUT2D eigenvalue weighted by atomic mass is 10.3. The van der Waals surface area contributed by atoms with Gasteiger partial charge < -0.3 is 19.5 Å². The minimum Gasteiger partial charge on any atom is -0.490 e. The zero-order chi connectivity index (χ0) is 17.9. The summed E-state index contributed by atoms with van der Waals surface area (Å²) in [6.45, 7) is 1.89. The van der Waals surface area contributed by atoms with Crippen LogP contribution in [0.1, 0.15) is 13.3 Å². The summed E-state index contributed by atoms with van der Waals surface area (Å²) < 4.78 is 15.9. The highest BCUT2D eigenvalue weighted by Crippen LogP contribution is 2.26. The summed E-state index contributed by atoms with van der Waals surface area (Å²) in [4.78, 5) is 23.4. The number of para-hydroxylation sites is 3. The number of ether oxygens (including phenoxy) is 3. The lowest BCUT2D eigenvalue weighted by molar-refractivity contribution is -0.149. The highest BCUT2D eigenvalue weighted by Gasteiger charge is 2.11. The topological polar surface area (TPSA) is 73.9 Å². The van der Waals surface area contributed by atoms with Crippen LogP contribution >= 0.6 is 0 Å². The standard InChI is InChI=1S/C19H21NO5/c1-2-12-23-16-10-6-7-11-17(16)24-14-19(22)25-13-18(21)20-15-8-4-3-5-9-15/h3-11H,2,12-14H2,1H3,(H,20,21). The Morgan fingerprint density at radius 1 is 0.880 bits per heavy atom. The van der Waals surface area contributed by atoms with Gasteiger partial charge in [-0.2, -0.15) is 0 Å². The van der Waals surface area contributed by atoms with Gasteiger partial charge in [-0.1, -0.05) is 37.3 Å². The molecule has 6 nitrogen and oxygen atoms in total. The van der Waals surface area contributed by atoms with Crippen LogP contribution in [0.5, 0.6) is 11.5 Å². The van der Waals surface area contributed by atoms with Crippen molar-refractivity contribution in [2.75, 3.05) is 25.1 Å². The number of carbonyl (C=O) groups is 2. The number of rotatable bonds is 9. The van der Waals surface area contributed by atoms with Crippen molar-refractivity contribution >= 4 is 17.6 Å². The maximum atomic E-state index is 11.7. The van der Waals surface area contributed by atoms with E-state index < -0.39 is 11.9 Å². The summed E-state index contributed by atoms with van der Waals surface area (Å²) in [7, 11) is 0. The van der Waals surface area contributed by atoms with E-state index >= 15 is 0 Å². The zero-order valence-corrected chi connectivity index (χ0v) is 14.1. The van der Waals surface area contributed by atoms with Crippen LogP contribution in [-0.4, -0.2) is 31.7 Å². The lowest BCUT2D eigenvalue weighted by Gasteiger charge is -2.12. The number of hydrogen-bond acceptors (Lipinski definition) is 5. The van der Waals surface area contributed by atoms with Gasteiger partial charge in [0.15, 0.2) is 24.7 Å². The van der Waals surface area contributed by atoms with Crippen molar-refractivity contribution < 1.29 is 23.8 Å². The second-order valence-electron chi connectivity index (χ2n) is 5.16. The smallest absolute Gasteiger partial charge is 0.344 e. The van der Waals surface area contributed by atoms with Crippen molar-refractivity contribution in [2.45, 2.75) is 13.3 Å². The molecule has 0 fully saturated rings. The molecule has 6 heteroatoms. The van der Waals surface area contributed by atoms with Crippen LogP contribution in [0.3, 0.4) is 0 Å². The Morgan fingerprint density at radius 3 is 2.20 bits per heavy atom. The summed E-state index contributed by atoms with van der Waals surface area (Å²) in [6.07, 6.45) is 0.868. The number of nitrogens with one attached hydrogen (secondary N) is 1. The zero-order valence-electron chi connectivity index (χ0n) is 14.1. The molecule has 0 aliphatic carbocycles. The van der Waals surface area contributed by atoms with E-state index in [0.717, 1.165) is 6.42 Å². The van der Waals surface area contributed by atoms with Gasteiger partial charge in [-0.3, -0.25) is 4.79 Å². The Kier molecular flexibility index (Phi) is 7.31. The number of carbonyl (C=O) groups excluding carboxylic acids is 2. The summed E-state index contributed by atoms with van der Waals surface area (Å²) in [6, 6.07) is 16.0. The third-order valence-electron chi connectivity index (χ3n) is 3.08. The van der Waals surface area contributed by atoms with Crippen LogP contribution in [0.15, 0.2) is 54.6 Å². The molecule has 0 saturated carbocycles. The molecule has 0 aliphatic rings. The van der Waals surface area contributed by atoms with Crippen LogP contribution < -0.4 is 14.8 Å². The van der Waals surface area contributed by atoms with Gasteiger partial charge in [0.2, 0.25) is 0 Å². The van der Waals surface area contributed by atoms with Crippen molar-refractivity contribution in [1.82, 2.24) is 0 Å². The van der Waals surface area contributed by atoms with Crippen LogP contribution in [0.4, 0.5) is 5.69 Å². The summed E-state index contributed by atoms with van der Waals surface area (Å²) >= 11 is 0. The molecule has 0 heterocycles. The molecule has 0 spiro atoms. The normalized spacial score (nSPS) is 9.96. The molecule has 0 bridgehead atoms. The van der Waals surface area contributed by atoms with E-state index in [-0.39, 0.29) is 13.2 Å². The molecule has 1 N–H and O–H groups in total. The molecule has 132 valence electrons. The molecule has 25 heavy (non-hydrogen) atoms. The molecule has 2 rings (SSSR count). The van der Waals surface area contributed by atoms with E-state index in [4.69, 9.17) is 14.2 Å². The van der Waals surface area contributed by atoms with Gasteiger partial charge in [-0.05, 0) is 30.7 Å². The second-order valence-corrected chi connectivity index (χ2v) is 5.16. The first-order valence-corrected chi connectivity index (χ1v) is 8.04. The van der Waals surface area contributed by atoms with E-state index in [1.54, 1.807) is 42.5 Å². The van der Waals surface area contributed by atoms with Crippen molar-refractivity contribution in [2.24, 2.45) is 0 Å². The Morgan fingerprint density at radius 2 is 1.52 bits per heavy atom. The minimum absolute atomic E-state index is 0.300. The Balaban J connectivity index is 1.74. The number of benzene rings is 2. The molecule has 0 aromatic heterocycles. The fourth-order valence-electron chi connectivity index (χ4n) is 1.94. The maximum absolute atomic E-state index is 11.7. The second kappa shape index (κ2) is 9.97. The fraction of sp³-hybridized carbons (Fsp3) is 0.263. The molecular weight excluding hydrogens is 322 g/mol. The molecule has 0 unspecified atom stereocenters. The van der Waals surface area contributed by atoms with Crippen molar-refractivity contribution in [3.05, 3.63) is 54.6 Å². The number of amides is 1. The van der Waals surface area contributed by atoms with E-state index in [2.05, 4.69) is 5.32 Å². The van der Waals surface area contributed by atoms with E-state index in [1.807, 2.05) is 19.1 Å². The SMILES string of the molecule is CCCOc1ccccc1OCC(=O)OCC(=O)Nc1ccccc1. The number of esters is 1. The van der Waals surface area contributed by atoms with Crippen LogP contribution in [0.2, 0.25) is 0 Å². The largest absolute Gasteiger partial charge is 0.490 e. The molecule has 0 saturated heterocycles. The first kappa shape index (κ1) is 18.3. The van der Waals surface area contributed by atoms with Gasteiger partial charge in [-0.15, -0.1) is 0 Å². The fourth-order valence-corrected chi connectivity index (χ4v) is 1.94. The van der Waals surface area contributed by atoms with Crippen molar-refractivity contribution in [3.8, 4) is 11.5 Å². The van der Waals surface area contributed by atoms with Gasteiger partial charge in [0.05, 0.1) is 6.61 Å². The first-order valence-electron chi connectivity index (χ1n) is 8.04. The Hall–Kier alpha value is -3.02. The lowest BCUT2D eigenvalue weighted by Crippen LogP contribution is -2.23. The molecular formula is C19H21NO5. The highest BCUT2D eigenvalue weighted by atomic mass is 16.6. The average molecular weight is 343 g/mol. The predicted octanol–water partition coefficient (Wildman–Crippen LogP) is 3.04. The molecule has 0 aliphatic heterocycles. The van der Waals surface area contributed by atoms with Gasteiger partial charge in [0.25, 0.3) is 5.91 Å². The maximum Gasteiger partial charge on any atom is 0.344 e. The summed E-state index contributed by atoms with van der Waals surface area (Å²) in [5.74, 6) is -0.0136. The van der Waals surface area contributed by atoms with Crippen LogP contribution in [0.25, 0.3) is 0 Å². The first-order chi connectivity index (χ1) is 12.2. The van der Waals surface area contributed by atoms with E-state index in [0.29, 0.717) is 23.8 Å². The third kappa shape index (κ3) is 6.55. The summed E-state index contributed by atoms with van der Waals surface area (Å²) in [5.41, 5.74) is 0.641. The van der Waals surface area contributed by atoms with Crippen molar-refractivity contribution in [3.63, 3.8) is 0 Å². The van der Waals surface area contributed by atoms with Crippen molar-refractivity contribution in [1.29, 1.82) is 0 Å². The predicted molar refractivity (Wildman–Crippen MR) is 93.8 cm³/mol. The number of anilines is 1. The Bertz CT molecular complexity index is 687. The number of hydrogen-bond donors (Lipinski definition) is 1. The minimum atomic E-state index is -0.631. The molecule has 2 aromatic carbocycles. The van der Waals surface area contributed by atoms with Gasteiger partial charge in [-0.25, -0.2) is 4.79 Å². The van der Waals surface area contributed by atoms with Gasteiger partial charge >= 0.3 is 5.97 Å². The summed E-state index contributed by atoms with van der Waals surface area (Å²) in [5, 5.41) is 2.63. The third-order valence-corrected chi connectivity index (χ3v) is 3.08.